The molecule has 0 aliphatic carbocycles. The summed E-state index contributed by atoms with van der Waals surface area (Å²) < 4.78 is 4.79. The summed E-state index contributed by atoms with van der Waals surface area (Å²) in [4.78, 5) is 25.8. The van der Waals surface area contributed by atoms with Crippen molar-refractivity contribution in [1.82, 2.24) is 4.90 Å². The largest absolute Gasteiger partial charge is 0.464 e. The fourth-order valence-corrected chi connectivity index (χ4v) is 1.99. The van der Waals surface area contributed by atoms with E-state index in [1.165, 1.54) is 12.0 Å². The molecule has 2 aromatic rings. The number of hydrogen-bond donors (Lipinski definition) is 0. The first-order valence-electron chi connectivity index (χ1n) is 6.81. The first kappa shape index (κ1) is 15.5. The van der Waals surface area contributed by atoms with Crippen molar-refractivity contribution < 1.29 is 14.3 Å². The van der Waals surface area contributed by atoms with Gasteiger partial charge in [0.15, 0.2) is 0 Å². The van der Waals surface area contributed by atoms with E-state index in [1.807, 2.05) is 36.4 Å². The van der Waals surface area contributed by atoms with Gasteiger partial charge >= 0.3 is 5.97 Å². The van der Waals surface area contributed by atoms with Gasteiger partial charge < -0.3 is 9.64 Å². The van der Waals surface area contributed by atoms with Crippen molar-refractivity contribution in [3.8, 4) is 0 Å². The summed E-state index contributed by atoms with van der Waals surface area (Å²) in [7, 11) is 2.85. The molecule has 2 rings (SSSR count). The summed E-state index contributed by atoms with van der Waals surface area (Å²) in [5, 5.41) is 0. The summed E-state index contributed by atoms with van der Waals surface area (Å²) in [6, 6.07) is 18.1. The maximum atomic E-state index is 12.5. The van der Waals surface area contributed by atoms with Gasteiger partial charge in [-0.05, 0) is 23.8 Å². The van der Waals surface area contributed by atoms with Gasteiger partial charge in [0.05, 0.1) is 7.11 Å². The van der Waals surface area contributed by atoms with E-state index < -0.39 is 5.97 Å². The summed E-state index contributed by atoms with van der Waals surface area (Å²) in [6.07, 6.45) is 1.63. The van der Waals surface area contributed by atoms with Crippen LogP contribution < -0.4 is 0 Å². The zero-order valence-electron chi connectivity index (χ0n) is 12.5. The Morgan fingerprint density at radius 1 is 0.955 bits per heavy atom. The van der Waals surface area contributed by atoms with Gasteiger partial charge in [0.2, 0.25) is 0 Å². The number of esters is 1. The van der Waals surface area contributed by atoms with E-state index in [2.05, 4.69) is 0 Å². The Morgan fingerprint density at radius 2 is 1.50 bits per heavy atom. The number of nitrogens with zero attached hydrogens (tertiary/aromatic N) is 1. The zero-order valence-corrected chi connectivity index (χ0v) is 12.5. The predicted molar refractivity (Wildman–Crippen MR) is 85.0 cm³/mol. The summed E-state index contributed by atoms with van der Waals surface area (Å²) >= 11 is 0. The Kier molecular flexibility index (Phi) is 5.09. The van der Waals surface area contributed by atoms with E-state index in [4.69, 9.17) is 4.74 Å². The Morgan fingerprint density at radius 3 is 2.05 bits per heavy atom. The molecular formula is C18H17NO3. The quantitative estimate of drug-likeness (QED) is 0.643. The van der Waals surface area contributed by atoms with Crippen LogP contribution in [0, 0.1) is 0 Å². The van der Waals surface area contributed by atoms with Gasteiger partial charge in [-0.25, -0.2) is 4.79 Å². The Labute approximate surface area is 129 Å². The van der Waals surface area contributed by atoms with Crippen LogP contribution >= 0.6 is 0 Å². The molecule has 112 valence electrons. The molecule has 0 aromatic heterocycles. The summed E-state index contributed by atoms with van der Waals surface area (Å²) in [5.41, 5.74) is 1.51. The normalized spacial score (nSPS) is 10.9. The monoisotopic (exact) mass is 295 g/mol. The smallest absolute Gasteiger partial charge is 0.354 e. The van der Waals surface area contributed by atoms with Crippen LogP contribution in [-0.4, -0.2) is 30.9 Å². The average molecular weight is 295 g/mol. The molecule has 0 fully saturated rings. The van der Waals surface area contributed by atoms with E-state index in [-0.39, 0.29) is 11.6 Å². The summed E-state index contributed by atoms with van der Waals surface area (Å²) in [6.45, 7) is 0. The minimum Gasteiger partial charge on any atom is -0.464 e. The lowest BCUT2D eigenvalue weighted by atomic mass is 10.1. The van der Waals surface area contributed by atoms with Crippen LogP contribution in [0.4, 0.5) is 0 Å². The molecule has 2 aromatic carbocycles. The molecule has 0 bridgehead atoms. The van der Waals surface area contributed by atoms with Gasteiger partial charge in [-0.1, -0.05) is 48.5 Å². The highest BCUT2D eigenvalue weighted by atomic mass is 16.5. The van der Waals surface area contributed by atoms with Gasteiger partial charge in [-0.2, -0.15) is 0 Å². The third-order valence-corrected chi connectivity index (χ3v) is 3.18. The molecule has 0 radical (unpaired) electrons. The van der Waals surface area contributed by atoms with Crippen LogP contribution in [0.25, 0.3) is 6.08 Å². The van der Waals surface area contributed by atoms with Crippen molar-refractivity contribution in [3.05, 3.63) is 77.5 Å². The van der Waals surface area contributed by atoms with Crippen LogP contribution in [0.3, 0.4) is 0 Å². The Hall–Kier alpha value is -2.88. The van der Waals surface area contributed by atoms with Gasteiger partial charge in [0.25, 0.3) is 5.91 Å². The first-order chi connectivity index (χ1) is 10.6. The van der Waals surface area contributed by atoms with Crippen LogP contribution in [0.2, 0.25) is 0 Å². The molecule has 0 heterocycles. The SMILES string of the molecule is COC(=O)/C(=C/c1ccccc1)N(C)C(=O)c1ccccc1. The highest BCUT2D eigenvalue weighted by Crippen LogP contribution is 2.14. The zero-order chi connectivity index (χ0) is 15.9. The molecule has 22 heavy (non-hydrogen) atoms. The van der Waals surface area contributed by atoms with Crippen LogP contribution in [0.1, 0.15) is 15.9 Å². The van der Waals surface area contributed by atoms with Crippen molar-refractivity contribution >= 4 is 18.0 Å². The fourth-order valence-electron chi connectivity index (χ4n) is 1.99. The Bertz CT molecular complexity index is 678. The van der Waals surface area contributed by atoms with E-state index >= 15 is 0 Å². The van der Waals surface area contributed by atoms with Crippen molar-refractivity contribution in [1.29, 1.82) is 0 Å². The van der Waals surface area contributed by atoms with E-state index in [1.54, 1.807) is 37.4 Å². The van der Waals surface area contributed by atoms with Crippen molar-refractivity contribution in [2.75, 3.05) is 14.2 Å². The molecule has 0 aliphatic rings. The molecule has 0 aliphatic heterocycles. The number of methoxy groups -OCH3 is 1. The Balaban J connectivity index is 2.36. The van der Waals surface area contributed by atoms with Gasteiger partial charge in [0, 0.05) is 12.6 Å². The number of amides is 1. The molecular weight excluding hydrogens is 278 g/mol. The summed E-state index contributed by atoms with van der Waals surface area (Å²) in [5.74, 6) is -0.830. The third kappa shape index (κ3) is 3.61. The van der Waals surface area contributed by atoms with Gasteiger partial charge in [-0.15, -0.1) is 0 Å². The van der Waals surface area contributed by atoms with E-state index in [0.717, 1.165) is 5.56 Å². The molecule has 0 N–H and O–H groups in total. The number of carbonyl (C=O) groups is 2. The molecule has 0 spiro atoms. The molecule has 1 amide bonds. The molecule has 4 heteroatoms. The minimum absolute atomic E-state index is 0.183. The highest BCUT2D eigenvalue weighted by Gasteiger charge is 2.21. The standard InChI is InChI=1S/C18H17NO3/c1-19(17(20)15-11-7-4-8-12-15)16(18(21)22-2)13-14-9-5-3-6-10-14/h3-13H,1-2H3/b16-13-. The van der Waals surface area contributed by atoms with Crippen molar-refractivity contribution in [3.63, 3.8) is 0 Å². The molecule has 0 atom stereocenters. The fraction of sp³-hybridized carbons (Fsp3) is 0.111. The van der Waals surface area contributed by atoms with Crippen LogP contribution in [0.15, 0.2) is 66.4 Å². The maximum Gasteiger partial charge on any atom is 0.354 e. The molecule has 4 nitrogen and oxygen atoms in total. The van der Waals surface area contributed by atoms with E-state index in [9.17, 15) is 9.59 Å². The predicted octanol–water partition coefficient (Wildman–Crippen LogP) is 2.97. The average Bonchev–Trinajstić information content (AvgIpc) is 2.59. The second-order valence-corrected chi connectivity index (χ2v) is 4.66. The molecule has 0 saturated carbocycles. The van der Waals surface area contributed by atoms with Crippen LogP contribution in [0.5, 0.6) is 0 Å². The van der Waals surface area contributed by atoms with Crippen LogP contribution in [-0.2, 0) is 9.53 Å². The highest BCUT2D eigenvalue weighted by molar-refractivity contribution is 6.03. The number of rotatable bonds is 4. The number of hydrogen-bond acceptors (Lipinski definition) is 3. The van der Waals surface area contributed by atoms with Gasteiger partial charge in [-0.3, -0.25) is 4.79 Å². The third-order valence-electron chi connectivity index (χ3n) is 3.18. The lowest BCUT2D eigenvalue weighted by Gasteiger charge is -2.19. The number of carbonyl (C=O) groups excluding carboxylic acids is 2. The second kappa shape index (κ2) is 7.22. The first-order valence-corrected chi connectivity index (χ1v) is 6.81. The number of benzene rings is 2. The lowest BCUT2D eigenvalue weighted by Crippen LogP contribution is -2.30. The van der Waals surface area contributed by atoms with Crippen molar-refractivity contribution in [2.24, 2.45) is 0 Å². The topological polar surface area (TPSA) is 46.6 Å². The molecule has 0 saturated heterocycles. The number of likely N-dealkylation sites (N-methyl/N-ethyl adjacent to an activating group) is 1. The molecule has 0 unspecified atom stereocenters. The lowest BCUT2D eigenvalue weighted by molar-refractivity contribution is -0.137. The minimum atomic E-state index is -0.560. The maximum absolute atomic E-state index is 12.5. The van der Waals surface area contributed by atoms with Gasteiger partial charge in [0.1, 0.15) is 5.70 Å². The van der Waals surface area contributed by atoms with E-state index in [0.29, 0.717) is 5.56 Å². The second-order valence-electron chi connectivity index (χ2n) is 4.66. The number of ether oxygens (including phenoxy) is 1. The van der Waals surface area contributed by atoms with Crippen molar-refractivity contribution in [2.45, 2.75) is 0 Å².